The van der Waals surface area contributed by atoms with E-state index in [2.05, 4.69) is 6.92 Å². The Kier molecular flexibility index (Phi) is 2.14. The van der Waals surface area contributed by atoms with E-state index in [4.69, 9.17) is 9.47 Å². The van der Waals surface area contributed by atoms with E-state index in [0.717, 1.165) is 19.3 Å². The van der Waals surface area contributed by atoms with Gasteiger partial charge in [-0.15, -0.1) is 0 Å². The highest BCUT2D eigenvalue weighted by molar-refractivity contribution is 5.75. The first-order valence-electron chi connectivity index (χ1n) is 7.45. The van der Waals surface area contributed by atoms with Crippen LogP contribution in [0.1, 0.15) is 40.0 Å². The van der Waals surface area contributed by atoms with Crippen LogP contribution in [-0.4, -0.2) is 34.5 Å². The van der Waals surface area contributed by atoms with Crippen molar-refractivity contribution in [3.63, 3.8) is 0 Å². The maximum Gasteiger partial charge on any atom is 0.309 e. The third kappa shape index (κ3) is 1.39. The topological polar surface area (TPSA) is 59.1 Å². The first-order chi connectivity index (χ1) is 8.84. The van der Waals surface area contributed by atoms with Gasteiger partial charge in [-0.05, 0) is 44.9 Å². The zero-order valence-electron chi connectivity index (χ0n) is 11.8. The number of carbonyl (C=O) groups is 1. The van der Waals surface area contributed by atoms with Crippen molar-refractivity contribution in [2.75, 3.05) is 0 Å². The van der Waals surface area contributed by atoms with Gasteiger partial charge in [0.05, 0.1) is 17.1 Å². The summed E-state index contributed by atoms with van der Waals surface area (Å²) in [6.45, 7) is 6.04. The Morgan fingerprint density at radius 2 is 2.05 bits per heavy atom. The standard InChI is InChI=1S/C15H22O4/c1-7-8-6-10-9(4-5-14(10,2)17)15(3)12(19-15)11(8)18-13(7)16/h7-12,17H,4-6H2,1-3H3. The van der Waals surface area contributed by atoms with Gasteiger partial charge in [-0.2, -0.15) is 0 Å². The van der Waals surface area contributed by atoms with Crippen molar-refractivity contribution >= 4 is 5.97 Å². The third-order valence-electron chi connectivity index (χ3n) is 6.38. The van der Waals surface area contributed by atoms with Crippen molar-refractivity contribution in [1.82, 2.24) is 0 Å². The van der Waals surface area contributed by atoms with Gasteiger partial charge in [0.25, 0.3) is 0 Å². The summed E-state index contributed by atoms with van der Waals surface area (Å²) in [5.74, 6) is 0.690. The predicted octanol–water partition coefficient (Wildman–Crippen LogP) is 1.50. The molecule has 4 nitrogen and oxygen atoms in total. The molecule has 19 heavy (non-hydrogen) atoms. The molecule has 0 radical (unpaired) electrons. The number of ether oxygens (including phenoxy) is 2. The molecule has 106 valence electrons. The van der Waals surface area contributed by atoms with Crippen molar-refractivity contribution in [1.29, 1.82) is 0 Å². The van der Waals surface area contributed by atoms with Gasteiger partial charge in [0, 0.05) is 5.92 Å². The number of rotatable bonds is 0. The summed E-state index contributed by atoms with van der Waals surface area (Å²) in [5, 5.41) is 10.7. The minimum absolute atomic E-state index is 0.0512. The number of hydrogen-bond donors (Lipinski definition) is 1. The molecule has 2 heterocycles. The average molecular weight is 266 g/mol. The summed E-state index contributed by atoms with van der Waals surface area (Å²) in [7, 11) is 0. The smallest absolute Gasteiger partial charge is 0.309 e. The van der Waals surface area contributed by atoms with Crippen LogP contribution in [0.15, 0.2) is 0 Å². The van der Waals surface area contributed by atoms with Crippen molar-refractivity contribution in [2.45, 2.75) is 63.4 Å². The summed E-state index contributed by atoms with van der Waals surface area (Å²) in [6.07, 6.45) is 2.72. The van der Waals surface area contributed by atoms with E-state index >= 15 is 0 Å². The fourth-order valence-electron chi connectivity index (χ4n) is 5.01. The highest BCUT2D eigenvalue weighted by Crippen LogP contribution is 2.62. The van der Waals surface area contributed by atoms with E-state index in [9.17, 15) is 9.90 Å². The Labute approximate surface area is 113 Å². The summed E-state index contributed by atoms with van der Waals surface area (Å²) < 4.78 is 11.5. The van der Waals surface area contributed by atoms with Gasteiger partial charge >= 0.3 is 5.97 Å². The van der Waals surface area contributed by atoms with Crippen molar-refractivity contribution in [3.05, 3.63) is 0 Å². The van der Waals surface area contributed by atoms with Gasteiger partial charge in [-0.25, -0.2) is 0 Å². The molecule has 4 fully saturated rings. The fraction of sp³-hybridized carbons (Fsp3) is 0.933. The Balaban J connectivity index is 1.74. The maximum atomic E-state index is 11.8. The number of hydrogen-bond acceptors (Lipinski definition) is 4. The van der Waals surface area contributed by atoms with Crippen LogP contribution in [0.5, 0.6) is 0 Å². The monoisotopic (exact) mass is 266 g/mol. The quantitative estimate of drug-likeness (QED) is 0.533. The molecule has 8 unspecified atom stereocenters. The minimum atomic E-state index is -0.621. The van der Waals surface area contributed by atoms with Crippen LogP contribution in [0.2, 0.25) is 0 Å². The molecule has 0 aromatic rings. The van der Waals surface area contributed by atoms with Crippen molar-refractivity contribution in [3.8, 4) is 0 Å². The number of aliphatic hydroxyl groups is 1. The lowest BCUT2D eigenvalue weighted by molar-refractivity contribution is -0.144. The van der Waals surface area contributed by atoms with E-state index < -0.39 is 5.60 Å². The maximum absolute atomic E-state index is 11.8. The van der Waals surface area contributed by atoms with E-state index in [1.54, 1.807) is 0 Å². The number of epoxide rings is 1. The van der Waals surface area contributed by atoms with Gasteiger partial charge in [0.15, 0.2) is 0 Å². The molecule has 4 aliphatic rings. The van der Waals surface area contributed by atoms with Crippen molar-refractivity contribution in [2.24, 2.45) is 23.7 Å². The number of carbonyl (C=O) groups excluding carboxylic acids is 1. The Morgan fingerprint density at radius 3 is 2.79 bits per heavy atom. The van der Waals surface area contributed by atoms with E-state index in [1.807, 2.05) is 13.8 Å². The van der Waals surface area contributed by atoms with Crippen LogP contribution in [0.4, 0.5) is 0 Å². The molecule has 2 saturated carbocycles. The molecule has 0 aromatic carbocycles. The van der Waals surface area contributed by atoms with Gasteiger partial charge in [-0.1, -0.05) is 6.92 Å². The molecule has 1 N–H and O–H groups in total. The lowest BCUT2D eigenvalue weighted by atomic mass is 9.76. The van der Waals surface area contributed by atoms with Gasteiger partial charge in [-0.3, -0.25) is 4.79 Å². The molecular formula is C15H22O4. The fourth-order valence-corrected chi connectivity index (χ4v) is 5.01. The second kappa shape index (κ2) is 3.34. The molecule has 0 aromatic heterocycles. The lowest BCUT2D eigenvalue weighted by Gasteiger charge is -2.32. The second-order valence-electron chi connectivity index (χ2n) is 7.42. The van der Waals surface area contributed by atoms with E-state index in [-0.39, 0.29) is 41.5 Å². The first kappa shape index (κ1) is 12.2. The third-order valence-corrected chi connectivity index (χ3v) is 6.38. The molecule has 2 aliphatic carbocycles. The lowest BCUT2D eigenvalue weighted by Crippen LogP contribution is -2.37. The second-order valence-corrected chi connectivity index (χ2v) is 7.42. The molecule has 0 bridgehead atoms. The molecular weight excluding hydrogens is 244 g/mol. The van der Waals surface area contributed by atoms with Gasteiger partial charge < -0.3 is 14.6 Å². The predicted molar refractivity (Wildman–Crippen MR) is 67.3 cm³/mol. The molecule has 2 saturated heterocycles. The van der Waals surface area contributed by atoms with Crippen LogP contribution in [0, 0.1) is 23.7 Å². The highest BCUT2D eigenvalue weighted by atomic mass is 16.6. The molecule has 0 amide bonds. The summed E-state index contributed by atoms with van der Waals surface area (Å²) in [6, 6.07) is 0. The zero-order valence-corrected chi connectivity index (χ0v) is 11.8. The number of esters is 1. The summed E-state index contributed by atoms with van der Waals surface area (Å²) in [5.41, 5.74) is -0.806. The molecule has 0 spiro atoms. The SMILES string of the molecule is CC1C(=O)OC2C1CC1C(CCC1(C)O)C1(C)OC21. The largest absolute Gasteiger partial charge is 0.459 e. The Morgan fingerprint density at radius 1 is 1.32 bits per heavy atom. The molecule has 2 aliphatic heterocycles. The normalized spacial score (nSPS) is 62.8. The zero-order chi connectivity index (χ0) is 13.6. The van der Waals surface area contributed by atoms with Crippen LogP contribution in [0.3, 0.4) is 0 Å². The van der Waals surface area contributed by atoms with E-state index in [0.29, 0.717) is 5.92 Å². The van der Waals surface area contributed by atoms with Gasteiger partial charge in [0.2, 0.25) is 0 Å². The van der Waals surface area contributed by atoms with Crippen LogP contribution in [0.25, 0.3) is 0 Å². The number of fused-ring (bicyclic) bond motifs is 5. The molecule has 8 atom stereocenters. The molecule has 4 heteroatoms. The van der Waals surface area contributed by atoms with Crippen LogP contribution < -0.4 is 0 Å². The van der Waals surface area contributed by atoms with Crippen molar-refractivity contribution < 1.29 is 19.4 Å². The Hall–Kier alpha value is -0.610. The summed E-state index contributed by atoms with van der Waals surface area (Å²) in [4.78, 5) is 11.8. The average Bonchev–Trinajstić information content (AvgIpc) is 2.83. The highest BCUT2D eigenvalue weighted by Gasteiger charge is 2.71. The first-order valence-corrected chi connectivity index (χ1v) is 7.45. The minimum Gasteiger partial charge on any atom is -0.459 e. The van der Waals surface area contributed by atoms with Crippen LogP contribution in [-0.2, 0) is 14.3 Å². The summed E-state index contributed by atoms with van der Waals surface area (Å²) >= 11 is 0. The molecule has 4 rings (SSSR count). The Bertz CT molecular complexity index is 445. The van der Waals surface area contributed by atoms with Crippen LogP contribution >= 0.6 is 0 Å². The van der Waals surface area contributed by atoms with Gasteiger partial charge in [0.1, 0.15) is 12.2 Å². The van der Waals surface area contributed by atoms with E-state index in [1.165, 1.54) is 0 Å².